The van der Waals surface area contributed by atoms with Gasteiger partial charge in [0, 0.05) is 6.54 Å². The van der Waals surface area contributed by atoms with E-state index in [0.29, 0.717) is 12.2 Å². The van der Waals surface area contributed by atoms with E-state index >= 15 is 0 Å². The van der Waals surface area contributed by atoms with E-state index in [1.165, 1.54) is 11.8 Å². The summed E-state index contributed by atoms with van der Waals surface area (Å²) in [6, 6.07) is -0.871. The smallest absolute Gasteiger partial charge is 0.320 e. The van der Waals surface area contributed by atoms with Gasteiger partial charge in [-0.1, -0.05) is 0 Å². The van der Waals surface area contributed by atoms with Gasteiger partial charge in [0.05, 0.1) is 12.7 Å². The molecule has 20 heavy (non-hydrogen) atoms. The van der Waals surface area contributed by atoms with Crippen LogP contribution in [0.4, 0.5) is 0 Å². The maximum Gasteiger partial charge on any atom is 0.320 e. The minimum Gasteiger partial charge on any atom is -0.480 e. The first-order chi connectivity index (χ1) is 9.34. The van der Waals surface area contributed by atoms with Gasteiger partial charge < -0.3 is 36.0 Å². The second-order valence-corrected chi connectivity index (χ2v) is 5.36. The number of aliphatic hydroxyl groups is 5. The van der Waals surface area contributed by atoms with E-state index in [9.17, 15) is 20.1 Å². The summed E-state index contributed by atoms with van der Waals surface area (Å²) in [5.41, 5.74) is 0. The van der Waals surface area contributed by atoms with E-state index in [4.69, 9.17) is 15.3 Å². The third kappa shape index (κ3) is 6.84. The number of hydrogen-bond donors (Lipinski definition) is 7. The summed E-state index contributed by atoms with van der Waals surface area (Å²) >= 11 is 1.48. The number of hydrogen-bond acceptors (Lipinski definition) is 8. The quantitative estimate of drug-likeness (QED) is 0.215. The highest BCUT2D eigenvalue weighted by Gasteiger charge is 2.30. The van der Waals surface area contributed by atoms with Crippen LogP contribution in [-0.4, -0.2) is 92.2 Å². The van der Waals surface area contributed by atoms with Gasteiger partial charge in [0.25, 0.3) is 0 Å². The zero-order chi connectivity index (χ0) is 15.7. The van der Waals surface area contributed by atoms with Crippen LogP contribution < -0.4 is 5.32 Å². The predicted molar refractivity (Wildman–Crippen MR) is 73.5 cm³/mol. The molecule has 0 radical (unpaired) electrons. The number of aliphatic carboxylic acids is 1. The molecule has 0 fully saturated rings. The van der Waals surface area contributed by atoms with E-state index in [2.05, 4.69) is 5.32 Å². The lowest BCUT2D eigenvalue weighted by molar-refractivity contribution is -0.140. The van der Waals surface area contributed by atoms with Crippen molar-refractivity contribution in [3.05, 3.63) is 0 Å². The van der Waals surface area contributed by atoms with Crippen LogP contribution in [0.1, 0.15) is 6.42 Å². The van der Waals surface area contributed by atoms with Gasteiger partial charge in [-0.25, -0.2) is 0 Å². The summed E-state index contributed by atoms with van der Waals surface area (Å²) in [6.07, 6.45) is -4.27. The fraction of sp³-hybridized carbons (Fsp3) is 0.909. The molecule has 0 aromatic heterocycles. The number of carboxylic acid groups (broad SMARTS) is 1. The minimum atomic E-state index is -1.72. The van der Waals surface area contributed by atoms with Crippen LogP contribution in [0.3, 0.4) is 0 Å². The molecule has 0 saturated heterocycles. The highest BCUT2D eigenvalue weighted by atomic mass is 32.2. The Hall–Kier alpha value is -0.420. The van der Waals surface area contributed by atoms with Crippen molar-refractivity contribution in [2.24, 2.45) is 0 Å². The Morgan fingerprint density at radius 3 is 2.15 bits per heavy atom. The van der Waals surface area contributed by atoms with Crippen molar-refractivity contribution in [2.45, 2.75) is 36.9 Å². The Morgan fingerprint density at radius 2 is 1.70 bits per heavy atom. The summed E-state index contributed by atoms with van der Waals surface area (Å²) in [6.45, 7) is -1.02. The number of carboxylic acids is 1. The van der Waals surface area contributed by atoms with Crippen LogP contribution in [0.5, 0.6) is 0 Å². The highest BCUT2D eigenvalue weighted by Crippen LogP contribution is 2.06. The zero-order valence-electron chi connectivity index (χ0n) is 11.2. The molecule has 0 unspecified atom stereocenters. The monoisotopic (exact) mass is 313 g/mol. The molecule has 0 rings (SSSR count). The zero-order valence-corrected chi connectivity index (χ0v) is 12.0. The fourth-order valence-corrected chi connectivity index (χ4v) is 1.97. The second kappa shape index (κ2) is 10.3. The van der Waals surface area contributed by atoms with Gasteiger partial charge in [0.2, 0.25) is 0 Å². The van der Waals surface area contributed by atoms with Crippen molar-refractivity contribution in [2.75, 3.05) is 25.2 Å². The third-order valence-electron chi connectivity index (χ3n) is 2.81. The summed E-state index contributed by atoms with van der Waals surface area (Å²) in [5, 5.41) is 57.9. The molecule has 120 valence electrons. The maximum atomic E-state index is 10.9. The molecule has 0 bridgehead atoms. The van der Waals surface area contributed by atoms with Crippen LogP contribution in [0.25, 0.3) is 0 Å². The first-order valence-corrected chi connectivity index (χ1v) is 7.52. The van der Waals surface area contributed by atoms with Gasteiger partial charge in [0.15, 0.2) is 0 Å². The average Bonchev–Trinajstić information content (AvgIpc) is 2.43. The number of nitrogens with one attached hydrogen (secondary N) is 1. The number of aliphatic hydroxyl groups excluding tert-OH is 5. The second-order valence-electron chi connectivity index (χ2n) is 4.38. The first-order valence-electron chi connectivity index (χ1n) is 6.13. The van der Waals surface area contributed by atoms with E-state index < -0.39 is 43.0 Å². The maximum absolute atomic E-state index is 10.9. The summed E-state index contributed by atoms with van der Waals surface area (Å²) in [7, 11) is 0. The molecule has 0 aliphatic heterocycles. The molecule has 0 spiro atoms. The fourth-order valence-electron chi connectivity index (χ4n) is 1.50. The Morgan fingerprint density at radius 1 is 1.15 bits per heavy atom. The van der Waals surface area contributed by atoms with E-state index in [1.807, 2.05) is 6.26 Å². The lowest BCUT2D eigenvalue weighted by Gasteiger charge is -2.26. The van der Waals surface area contributed by atoms with Gasteiger partial charge in [-0.3, -0.25) is 4.79 Å². The van der Waals surface area contributed by atoms with Crippen molar-refractivity contribution >= 4 is 17.7 Å². The summed E-state index contributed by atoms with van der Waals surface area (Å²) in [5.74, 6) is -0.453. The Labute approximate surface area is 121 Å². The van der Waals surface area contributed by atoms with E-state index in [0.717, 1.165) is 0 Å². The van der Waals surface area contributed by atoms with Crippen LogP contribution in [0, 0.1) is 0 Å². The molecular formula is C11H23NO7S. The average molecular weight is 313 g/mol. The summed E-state index contributed by atoms with van der Waals surface area (Å²) < 4.78 is 0. The Bertz CT molecular complexity index is 281. The largest absolute Gasteiger partial charge is 0.480 e. The summed E-state index contributed by atoms with van der Waals surface area (Å²) in [4.78, 5) is 10.9. The normalized spacial score (nSPS) is 19.1. The lowest BCUT2D eigenvalue weighted by Crippen LogP contribution is -2.51. The molecule has 0 aromatic rings. The topological polar surface area (TPSA) is 150 Å². The van der Waals surface area contributed by atoms with Crippen molar-refractivity contribution in [3.63, 3.8) is 0 Å². The molecule has 0 aliphatic rings. The lowest BCUT2D eigenvalue weighted by atomic mass is 10.0. The van der Waals surface area contributed by atoms with Gasteiger partial charge in [-0.05, 0) is 18.4 Å². The molecule has 0 aliphatic carbocycles. The standard InChI is InChI=1S/C11H23NO7S/c1-20-3-2-6(11(18)19)12-4-7(14)9(16)10(17)8(15)5-13/h6-10,12-17H,2-5H2,1H3,(H,18,19)/t6-,7-,8+,9+,10+/m0/s1. The van der Waals surface area contributed by atoms with Crippen molar-refractivity contribution in [3.8, 4) is 0 Å². The van der Waals surface area contributed by atoms with Gasteiger partial charge in [-0.2, -0.15) is 11.8 Å². The van der Waals surface area contributed by atoms with E-state index in [1.54, 1.807) is 0 Å². The van der Waals surface area contributed by atoms with Gasteiger partial charge in [0.1, 0.15) is 24.4 Å². The highest BCUT2D eigenvalue weighted by molar-refractivity contribution is 7.98. The number of carbonyl (C=O) groups is 1. The molecule has 5 atom stereocenters. The van der Waals surface area contributed by atoms with Gasteiger partial charge >= 0.3 is 5.97 Å². The molecule has 0 saturated carbocycles. The van der Waals surface area contributed by atoms with Crippen molar-refractivity contribution in [1.29, 1.82) is 0 Å². The molecule has 0 aromatic carbocycles. The van der Waals surface area contributed by atoms with Crippen molar-refractivity contribution < 1.29 is 35.4 Å². The SMILES string of the molecule is CSCC[C@H](NC[C@H](O)[C@@H](O)[C@H](O)[C@H](O)CO)C(=O)O. The Balaban J connectivity index is 4.29. The number of thioether (sulfide) groups is 1. The molecular weight excluding hydrogens is 290 g/mol. The van der Waals surface area contributed by atoms with Gasteiger partial charge in [-0.15, -0.1) is 0 Å². The van der Waals surface area contributed by atoms with E-state index in [-0.39, 0.29) is 6.54 Å². The molecule has 7 N–H and O–H groups in total. The van der Waals surface area contributed by atoms with Crippen LogP contribution >= 0.6 is 11.8 Å². The predicted octanol–water partition coefficient (Wildman–Crippen LogP) is -2.78. The van der Waals surface area contributed by atoms with Crippen molar-refractivity contribution in [1.82, 2.24) is 5.32 Å². The molecule has 0 amide bonds. The third-order valence-corrected chi connectivity index (χ3v) is 3.45. The first kappa shape index (κ1) is 19.6. The van der Waals surface area contributed by atoms with Crippen LogP contribution in [-0.2, 0) is 4.79 Å². The molecule has 9 heteroatoms. The number of rotatable bonds is 11. The van der Waals surface area contributed by atoms with Crippen LogP contribution in [0.15, 0.2) is 0 Å². The minimum absolute atomic E-state index is 0.262. The van der Waals surface area contributed by atoms with Crippen LogP contribution in [0.2, 0.25) is 0 Å². The molecule has 8 nitrogen and oxygen atoms in total. The molecule has 0 heterocycles. The Kier molecular flexibility index (Phi) is 10.1.